The van der Waals surface area contributed by atoms with Gasteiger partial charge in [-0.15, -0.1) is 0 Å². The van der Waals surface area contributed by atoms with E-state index >= 15 is 0 Å². The van der Waals surface area contributed by atoms with E-state index in [-0.39, 0.29) is 12.5 Å². The molecule has 0 aromatic heterocycles. The summed E-state index contributed by atoms with van der Waals surface area (Å²) >= 11 is 12.0. The fourth-order valence-corrected chi connectivity index (χ4v) is 4.05. The second-order valence-corrected chi connectivity index (χ2v) is 9.47. The molecular weight excluding hydrogens is 443 g/mol. The zero-order chi connectivity index (χ0) is 21.7. The van der Waals surface area contributed by atoms with Crippen molar-refractivity contribution in [1.82, 2.24) is 5.32 Å². The van der Waals surface area contributed by atoms with Gasteiger partial charge in [-0.05, 0) is 53.6 Å². The summed E-state index contributed by atoms with van der Waals surface area (Å²) < 4.78 is 25.9. The highest BCUT2D eigenvalue weighted by atomic mass is 35.5. The van der Waals surface area contributed by atoms with Gasteiger partial charge in [-0.2, -0.15) is 0 Å². The third-order valence-corrected chi connectivity index (χ3v) is 6.22. The van der Waals surface area contributed by atoms with E-state index < -0.39 is 10.0 Å². The van der Waals surface area contributed by atoms with Gasteiger partial charge in [-0.1, -0.05) is 53.5 Å². The Labute approximate surface area is 186 Å². The van der Waals surface area contributed by atoms with Gasteiger partial charge in [0.2, 0.25) is 10.0 Å². The molecule has 1 amide bonds. The Kier molecular flexibility index (Phi) is 7.02. The number of nitrogens with zero attached hydrogens (tertiary/aromatic N) is 1. The van der Waals surface area contributed by atoms with E-state index in [1.54, 1.807) is 60.7 Å². The molecule has 0 unspecified atom stereocenters. The third kappa shape index (κ3) is 5.75. The number of amides is 1. The van der Waals surface area contributed by atoms with Gasteiger partial charge in [-0.25, -0.2) is 8.42 Å². The van der Waals surface area contributed by atoms with Crippen molar-refractivity contribution in [3.8, 4) is 0 Å². The highest BCUT2D eigenvalue weighted by Crippen LogP contribution is 2.24. The topological polar surface area (TPSA) is 66.5 Å². The molecule has 30 heavy (non-hydrogen) atoms. The summed E-state index contributed by atoms with van der Waals surface area (Å²) in [7, 11) is -3.55. The third-order valence-electron chi connectivity index (χ3n) is 4.46. The minimum Gasteiger partial charge on any atom is -0.348 e. The van der Waals surface area contributed by atoms with Crippen LogP contribution in [0.1, 0.15) is 21.5 Å². The fourth-order valence-electron chi connectivity index (χ4n) is 2.85. The van der Waals surface area contributed by atoms with Crippen LogP contribution in [0.3, 0.4) is 0 Å². The summed E-state index contributed by atoms with van der Waals surface area (Å²) in [5.74, 6) is -0.256. The maximum absolute atomic E-state index is 12.4. The first-order chi connectivity index (χ1) is 14.2. The molecular formula is C22H20Cl2N2O3S. The number of hydrogen-bond donors (Lipinski definition) is 1. The molecule has 156 valence electrons. The Hall–Kier alpha value is -2.54. The molecule has 0 saturated carbocycles. The maximum Gasteiger partial charge on any atom is 0.251 e. The van der Waals surface area contributed by atoms with Crippen LogP contribution in [0, 0.1) is 0 Å². The molecule has 0 aliphatic heterocycles. The smallest absolute Gasteiger partial charge is 0.251 e. The minimum atomic E-state index is -3.55. The van der Waals surface area contributed by atoms with Crippen LogP contribution in [0.2, 0.25) is 10.0 Å². The lowest BCUT2D eigenvalue weighted by atomic mass is 10.1. The van der Waals surface area contributed by atoms with Crippen LogP contribution in [0.4, 0.5) is 5.69 Å². The number of halogens is 2. The van der Waals surface area contributed by atoms with Gasteiger partial charge in [0.25, 0.3) is 5.91 Å². The van der Waals surface area contributed by atoms with E-state index in [2.05, 4.69) is 5.32 Å². The van der Waals surface area contributed by atoms with Crippen molar-refractivity contribution in [2.75, 3.05) is 10.6 Å². The van der Waals surface area contributed by atoms with Crippen LogP contribution in [0.15, 0.2) is 72.8 Å². The molecule has 0 radical (unpaired) electrons. The van der Waals surface area contributed by atoms with Crippen LogP contribution in [0.5, 0.6) is 0 Å². The number of rotatable bonds is 7. The molecule has 1 N–H and O–H groups in total. The molecule has 0 aliphatic carbocycles. The van der Waals surface area contributed by atoms with Crippen LogP contribution >= 0.6 is 23.2 Å². The molecule has 3 aromatic rings. The lowest BCUT2D eigenvalue weighted by molar-refractivity contribution is 0.0951. The molecule has 3 aromatic carbocycles. The van der Waals surface area contributed by atoms with E-state index in [0.29, 0.717) is 33.4 Å². The second-order valence-electron chi connectivity index (χ2n) is 6.72. The van der Waals surface area contributed by atoms with Gasteiger partial charge in [0.1, 0.15) is 0 Å². The summed E-state index contributed by atoms with van der Waals surface area (Å²) in [6, 6.07) is 20.7. The van der Waals surface area contributed by atoms with Crippen LogP contribution in [-0.4, -0.2) is 20.6 Å². The van der Waals surface area contributed by atoms with Crippen molar-refractivity contribution in [2.45, 2.75) is 13.1 Å². The van der Waals surface area contributed by atoms with Gasteiger partial charge in [0.05, 0.1) is 18.5 Å². The van der Waals surface area contributed by atoms with Crippen molar-refractivity contribution in [2.24, 2.45) is 0 Å². The predicted octanol–water partition coefficient (Wildman–Crippen LogP) is 4.89. The van der Waals surface area contributed by atoms with Gasteiger partial charge in [0, 0.05) is 22.2 Å². The van der Waals surface area contributed by atoms with E-state index in [1.807, 2.05) is 12.1 Å². The second kappa shape index (κ2) is 9.51. The van der Waals surface area contributed by atoms with Crippen molar-refractivity contribution in [3.05, 3.63) is 99.5 Å². The fraction of sp³-hybridized carbons (Fsp3) is 0.136. The number of carbonyl (C=O) groups excluding carboxylic acids is 1. The molecule has 0 fully saturated rings. The summed E-state index contributed by atoms with van der Waals surface area (Å²) in [6.45, 7) is 0.459. The standard InChI is InChI=1S/C22H20Cl2N2O3S/c1-30(28,29)26(15-18-4-2-3-5-21(18)24)20-12-8-17(9-13-20)22(27)25-14-16-6-10-19(23)11-7-16/h2-13H,14-15H2,1H3,(H,25,27). The quantitative estimate of drug-likeness (QED) is 0.543. The predicted molar refractivity (Wildman–Crippen MR) is 122 cm³/mol. The van der Waals surface area contributed by atoms with E-state index in [0.717, 1.165) is 11.8 Å². The Bertz CT molecular complexity index is 1130. The molecule has 0 bridgehead atoms. The van der Waals surface area contributed by atoms with Crippen molar-refractivity contribution >= 4 is 44.8 Å². The Morgan fingerprint density at radius 1 is 0.933 bits per heavy atom. The first kappa shape index (κ1) is 22.2. The zero-order valence-electron chi connectivity index (χ0n) is 16.2. The van der Waals surface area contributed by atoms with Crippen LogP contribution in [-0.2, 0) is 23.1 Å². The lowest BCUT2D eigenvalue weighted by Gasteiger charge is -2.23. The van der Waals surface area contributed by atoms with Gasteiger partial charge in [-0.3, -0.25) is 9.10 Å². The molecule has 0 heterocycles. The number of carbonyl (C=O) groups is 1. The van der Waals surface area contributed by atoms with Crippen LogP contribution < -0.4 is 9.62 Å². The molecule has 3 rings (SSSR count). The normalized spacial score (nSPS) is 11.2. The van der Waals surface area contributed by atoms with Gasteiger partial charge in [0.15, 0.2) is 0 Å². The SMILES string of the molecule is CS(=O)(=O)N(Cc1ccccc1Cl)c1ccc(C(=O)NCc2ccc(Cl)cc2)cc1. The highest BCUT2D eigenvalue weighted by molar-refractivity contribution is 7.92. The van der Waals surface area contributed by atoms with Crippen molar-refractivity contribution in [1.29, 1.82) is 0 Å². The molecule has 0 spiro atoms. The average Bonchev–Trinajstić information content (AvgIpc) is 2.72. The number of benzene rings is 3. The lowest BCUT2D eigenvalue weighted by Crippen LogP contribution is -2.29. The molecule has 5 nitrogen and oxygen atoms in total. The number of hydrogen-bond acceptors (Lipinski definition) is 3. The monoisotopic (exact) mass is 462 g/mol. The van der Waals surface area contributed by atoms with Crippen molar-refractivity contribution in [3.63, 3.8) is 0 Å². The van der Waals surface area contributed by atoms with E-state index in [4.69, 9.17) is 23.2 Å². The van der Waals surface area contributed by atoms with Crippen LogP contribution in [0.25, 0.3) is 0 Å². The van der Waals surface area contributed by atoms with Crippen molar-refractivity contribution < 1.29 is 13.2 Å². The average molecular weight is 463 g/mol. The summed E-state index contributed by atoms with van der Waals surface area (Å²) in [5.41, 5.74) is 2.49. The molecule has 8 heteroatoms. The summed E-state index contributed by atoms with van der Waals surface area (Å²) in [5, 5.41) is 3.95. The summed E-state index contributed by atoms with van der Waals surface area (Å²) in [6.07, 6.45) is 1.14. The number of anilines is 1. The Morgan fingerprint density at radius 2 is 1.57 bits per heavy atom. The molecule has 0 aliphatic rings. The van der Waals surface area contributed by atoms with E-state index in [9.17, 15) is 13.2 Å². The summed E-state index contributed by atoms with van der Waals surface area (Å²) in [4.78, 5) is 12.4. The number of sulfonamides is 1. The molecule has 0 saturated heterocycles. The Morgan fingerprint density at radius 3 is 2.17 bits per heavy atom. The highest BCUT2D eigenvalue weighted by Gasteiger charge is 2.19. The molecule has 0 atom stereocenters. The first-order valence-electron chi connectivity index (χ1n) is 9.08. The van der Waals surface area contributed by atoms with E-state index in [1.165, 1.54) is 4.31 Å². The zero-order valence-corrected chi connectivity index (χ0v) is 18.5. The van der Waals surface area contributed by atoms with Gasteiger partial charge >= 0.3 is 0 Å². The largest absolute Gasteiger partial charge is 0.348 e. The first-order valence-corrected chi connectivity index (χ1v) is 11.7. The number of nitrogens with one attached hydrogen (secondary N) is 1. The maximum atomic E-state index is 12.4. The van der Waals surface area contributed by atoms with Gasteiger partial charge < -0.3 is 5.32 Å². The Balaban J connectivity index is 1.73. The minimum absolute atomic E-state index is 0.0978.